The highest BCUT2D eigenvalue weighted by Gasteiger charge is 2.50. The Morgan fingerprint density at radius 2 is 1.81 bits per heavy atom. The summed E-state index contributed by atoms with van der Waals surface area (Å²) in [6.45, 7) is 5.43. The van der Waals surface area contributed by atoms with Crippen molar-refractivity contribution >= 4 is 40.3 Å². The van der Waals surface area contributed by atoms with Gasteiger partial charge in [-0.25, -0.2) is 0 Å². The zero-order valence-corrected chi connectivity index (χ0v) is 15.9. The first-order chi connectivity index (χ1) is 12.8. The Kier molecular flexibility index (Phi) is 4.58. The van der Waals surface area contributed by atoms with Gasteiger partial charge in [0.15, 0.2) is 5.11 Å². The lowest BCUT2D eigenvalue weighted by atomic mass is 10.0. The molecule has 2 aromatic rings. The van der Waals surface area contributed by atoms with E-state index in [0.717, 1.165) is 11.3 Å². The molecule has 0 saturated carbocycles. The molecule has 0 unspecified atom stereocenters. The Morgan fingerprint density at radius 3 is 2.37 bits per heavy atom. The van der Waals surface area contributed by atoms with E-state index in [1.54, 1.807) is 61.2 Å². The third-order valence-corrected chi connectivity index (χ3v) is 4.89. The van der Waals surface area contributed by atoms with E-state index in [2.05, 4.69) is 16.1 Å². The summed E-state index contributed by atoms with van der Waals surface area (Å²) in [6.07, 6.45) is 0. The Labute approximate surface area is 162 Å². The van der Waals surface area contributed by atoms with Gasteiger partial charge in [-0.05, 0) is 74.4 Å². The largest absolute Gasteiger partial charge is 0.304 e. The fourth-order valence-corrected chi connectivity index (χ4v) is 3.61. The Hall–Kier alpha value is -3.40. The Morgan fingerprint density at radius 1 is 1.19 bits per heavy atom. The number of nitriles is 1. The van der Waals surface area contributed by atoms with Crippen molar-refractivity contribution in [2.75, 3.05) is 9.80 Å². The monoisotopic (exact) mass is 376 g/mol. The Balaban J connectivity index is 2.04. The van der Waals surface area contributed by atoms with Crippen molar-refractivity contribution in [3.05, 3.63) is 64.0 Å². The smallest absolute Gasteiger partial charge is 0.259 e. The maximum atomic E-state index is 13.1. The van der Waals surface area contributed by atoms with Gasteiger partial charge in [-0.1, -0.05) is 17.2 Å². The van der Waals surface area contributed by atoms with Gasteiger partial charge in [-0.3, -0.25) is 9.69 Å². The van der Waals surface area contributed by atoms with Gasteiger partial charge in [0.2, 0.25) is 0 Å². The van der Waals surface area contributed by atoms with Crippen molar-refractivity contribution in [2.24, 2.45) is 5.11 Å². The van der Waals surface area contributed by atoms with Crippen LogP contribution in [0.3, 0.4) is 0 Å². The predicted octanol–water partition coefficient (Wildman–Crippen LogP) is 4.73. The molecular formula is C19H16N6OS. The SMILES string of the molecule is Cc1cc(N2C(=O)C(C)(C)N(c3ccc(N=[N+]=[N-])cc3)C2=S)ccc1C#N. The molecule has 0 aliphatic carbocycles. The van der Waals surface area contributed by atoms with Crippen LogP contribution in [0.25, 0.3) is 10.4 Å². The second kappa shape index (κ2) is 6.72. The molecule has 1 saturated heterocycles. The molecule has 1 heterocycles. The van der Waals surface area contributed by atoms with Crippen LogP contribution in [0.15, 0.2) is 47.6 Å². The van der Waals surface area contributed by atoms with E-state index in [1.807, 2.05) is 6.92 Å². The van der Waals surface area contributed by atoms with Crippen LogP contribution in [0.5, 0.6) is 0 Å². The fraction of sp³-hybridized carbons (Fsp3) is 0.211. The van der Waals surface area contributed by atoms with Gasteiger partial charge >= 0.3 is 0 Å². The van der Waals surface area contributed by atoms with Gasteiger partial charge in [0.1, 0.15) is 5.54 Å². The van der Waals surface area contributed by atoms with Crippen LogP contribution in [-0.4, -0.2) is 16.6 Å². The zero-order chi connectivity index (χ0) is 19.8. The van der Waals surface area contributed by atoms with Crippen LogP contribution in [-0.2, 0) is 4.79 Å². The molecule has 3 rings (SSSR count). The Bertz CT molecular complexity index is 1030. The highest BCUT2D eigenvalue weighted by Crippen LogP contribution is 2.37. The van der Waals surface area contributed by atoms with Crippen molar-refractivity contribution in [1.29, 1.82) is 5.26 Å². The number of carbonyl (C=O) groups excluding carboxylic acids is 1. The minimum Gasteiger partial charge on any atom is -0.304 e. The normalized spacial score (nSPS) is 15.5. The molecular weight excluding hydrogens is 360 g/mol. The number of carbonyl (C=O) groups is 1. The molecule has 1 aliphatic rings. The molecule has 8 heteroatoms. The topological polar surface area (TPSA) is 96.1 Å². The maximum absolute atomic E-state index is 13.1. The molecule has 1 amide bonds. The van der Waals surface area contributed by atoms with Crippen LogP contribution >= 0.6 is 12.2 Å². The second-order valence-corrected chi connectivity index (χ2v) is 7.00. The molecule has 134 valence electrons. The van der Waals surface area contributed by atoms with E-state index in [1.165, 1.54) is 4.90 Å². The van der Waals surface area contributed by atoms with Crippen LogP contribution < -0.4 is 9.80 Å². The maximum Gasteiger partial charge on any atom is 0.259 e. The molecule has 0 spiro atoms. The van der Waals surface area contributed by atoms with E-state index < -0.39 is 5.54 Å². The van der Waals surface area contributed by atoms with E-state index in [0.29, 0.717) is 22.1 Å². The number of azide groups is 1. The van der Waals surface area contributed by atoms with Crippen molar-refractivity contribution in [2.45, 2.75) is 26.3 Å². The summed E-state index contributed by atoms with van der Waals surface area (Å²) in [5, 5.41) is 13.0. The summed E-state index contributed by atoms with van der Waals surface area (Å²) >= 11 is 5.62. The first-order valence-electron chi connectivity index (χ1n) is 8.16. The van der Waals surface area contributed by atoms with E-state index in [4.69, 9.17) is 23.0 Å². The van der Waals surface area contributed by atoms with Gasteiger partial charge in [0, 0.05) is 16.3 Å². The zero-order valence-electron chi connectivity index (χ0n) is 15.0. The minimum absolute atomic E-state index is 0.157. The summed E-state index contributed by atoms with van der Waals surface area (Å²) in [6, 6.07) is 14.2. The molecule has 0 radical (unpaired) electrons. The summed E-state index contributed by atoms with van der Waals surface area (Å²) < 4.78 is 0. The van der Waals surface area contributed by atoms with Crippen molar-refractivity contribution < 1.29 is 4.79 Å². The molecule has 0 N–H and O–H groups in total. The van der Waals surface area contributed by atoms with Gasteiger partial charge < -0.3 is 4.90 Å². The highest BCUT2D eigenvalue weighted by molar-refractivity contribution is 7.81. The second-order valence-electron chi connectivity index (χ2n) is 6.63. The number of hydrogen-bond acceptors (Lipinski definition) is 4. The molecule has 1 aliphatic heterocycles. The number of nitrogens with zero attached hydrogens (tertiary/aromatic N) is 6. The lowest BCUT2D eigenvalue weighted by molar-refractivity contribution is -0.120. The number of thiocarbonyl (C=S) groups is 1. The molecule has 0 aromatic heterocycles. The van der Waals surface area contributed by atoms with Crippen LogP contribution in [0, 0.1) is 18.3 Å². The quantitative estimate of drug-likeness (QED) is 0.335. The fourth-order valence-electron chi connectivity index (χ4n) is 3.09. The van der Waals surface area contributed by atoms with Crippen LogP contribution in [0.1, 0.15) is 25.0 Å². The van der Waals surface area contributed by atoms with E-state index >= 15 is 0 Å². The lowest BCUT2D eigenvalue weighted by Gasteiger charge is -2.29. The summed E-state index contributed by atoms with van der Waals surface area (Å²) in [4.78, 5) is 19.2. The minimum atomic E-state index is -0.890. The third kappa shape index (κ3) is 2.99. The first-order valence-corrected chi connectivity index (χ1v) is 8.56. The van der Waals surface area contributed by atoms with Gasteiger partial charge in [0.25, 0.3) is 5.91 Å². The highest BCUT2D eigenvalue weighted by atomic mass is 32.1. The summed E-state index contributed by atoms with van der Waals surface area (Å²) in [5.74, 6) is -0.157. The number of benzene rings is 2. The number of aryl methyl sites for hydroxylation is 1. The van der Waals surface area contributed by atoms with Gasteiger partial charge in [-0.2, -0.15) is 5.26 Å². The predicted molar refractivity (Wildman–Crippen MR) is 108 cm³/mol. The molecule has 0 atom stereocenters. The molecule has 0 bridgehead atoms. The van der Waals surface area contributed by atoms with E-state index in [-0.39, 0.29) is 5.91 Å². The number of anilines is 2. The lowest BCUT2D eigenvalue weighted by Crippen LogP contribution is -2.44. The summed E-state index contributed by atoms with van der Waals surface area (Å²) in [5.41, 5.74) is 10.8. The average Bonchev–Trinajstić information content (AvgIpc) is 2.81. The molecule has 1 fully saturated rings. The van der Waals surface area contributed by atoms with Crippen molar-refractivity contribution in [3.63, 3.8) is 0 Å². The third-order valence-electron chi connectivity index (χ3n) is 4.52. The number of hydrogen-bond donors (Lipinski definition) is 0. The average molecular weight is 376 g/mol. The van der Waals surface area contributed by atoms with Crippen molar-refractivity contribution in [1.82, 2.24) is 0 Å². The van der Waals surface area contributed by atoms with Gasteiger partial charge in [-0.15, -0.1) is 0 Å². The van der Waals surface area contributed by atoms with E-state index in [9.17, 15) is 4.79 Å². The number of amides is 1. The van der Waals surface area contributed by atoms with Crippen LogP contribution in [0.4, 0.5) is 17.1 Å². The molecule has 7 nitrogen and oxygen atoms in total. The first kappa shape index (κ1) is 18.4. The molecule has 2 aromatic carbocycles. The molecule has 27 heavy (non-hydrogen) atoms. The number of rotatable bonds is 3. The van der Waals surface area contributed by atoms with Gasteiger partial charge in [0.05, 0.1) is 17.3 Å². The standard InChI is InChI=1S/C19H16N6OS/c1-12-10-16(7-4-13(12)11-20)24-17(26)19(2,3)25(18(24)27)15-8-5-14(6-9-15)22-23-21/h4-10H,1-3H3. The summed E-state index contributed by atoms with van der Waals surface area (Å²) in [7, 11) is 0. The van der Waals surface area contributed by atoms with Crippen molar-refractivity contribution in [3.8, 4) is 6.07 Å². The van der Waals surface area contributed by atoms with Crippen LogP contribution in [0.2, 0.25) is 0 Å².